The summed E-state index contributed by atoms with van der Waals surface area (Å²) < 4.78 is 0. The molecule has 21 heavy (non-hydrogen) atoms. The average molecular weight is 289 g/mol. The maximum atomic E-state index is 4.82. The maximum absolute atomic E-state index is 4.82. The third-order valence-corrected chi connectivity index (χ3v) is 4.40. The lowest BCUT2D eigenvalue weighted by Crippen LogP contribution is -2.35. The topological polar surface area (TPSA) is 28.2 Å². The first-order valence-electron chi connectivity index (χ1n) is 8.69. The molecule has 3 heteroatoms. The summed E-state index contributed by atoms with van der Waals surface area (Å²) in [4.78, 5) is 7.38. The number of pyridine rings is 1. The lowest BCUT2D eigenvalue weighted by Gasteiger charge is -2.31. The molecule has 0 saturated carbocycles. The second-order valence-electron chi connectivity index (χ2n) is 6.26. The van der Waals surface area contributed by atoms with Crippen molar-refractivity contribution in [1.82, 2.24) is 10.3 Å². The highest BCUT2D eigenvalue weighted by molar-refractivity contribution is 5.44. The quantitative estimate of drug-likeness (QED) is 0.801. The summed E-state index contributed by atoms with van der Waals surface area (Å²) in [5.41, 5.74) is 2.50. The van der Waals surface area contributed by atoms with Gasteiger partial charge in [-0.3, -0.25) is 0 Å². The van der Waals surface area contributed by atoms with Gasteiger partial charge in [0.25, 0.3) is 0 Å². The Labute approximate surface area is 130 Å². The monoisotopic (exact) mass is 289 g/mol. The molecule has 0 aromatic carbocycles. The fourth-order valence-corrected chi connectivity index (χ4v) is 3.28. The van der Waals surface area contributed by atoms with Crippen molar-refractivity contribution >= 4 is 5.82 Å². The van der Waals surface area contributed by atoms with Crippen molar-refractivity contribution < 1.29 is 0 Å². The summed E-state index contributed by atoms with van der Waals surface area (Å²) in [6.07, 6.45) is 7.75. The van der Waals surface area contributed by atoms with Gasteiger partial charge in [-0.25, -0.2) is 4.98 Å². The van der Waals surface area contributed by atoms with Gasteiger partial charge in [-0.2, -0.15) is 0 Å². The van der Waals surface area contributed by atoms with Crippen LogP contribution in [0.15, 0.2) is 12.1 Å². The van der Waals surface area contributed by atoms with Gasteiger partial charge < -0.3 is 10.2 Å². The standard InChI is InChI=1S/C18H31N3/c1-4-10-19-14-16-12-15(3)20-18(13-16)21-11-8-6-7-9-17(21)5-2/h12-13,17,19H,4-11,14H2,1-3H3. The van der Waals surface area contributed by atoms with Crippen molar-refractivity contribution in [3.63, 3.8) is 0 Å². The molecule has 1 aliphatic heterocycles. The minimum absolute atomic E-state index is 0.665. The zero-order chi connectivity index (χ0) is 15.1. The van der Waals surface area contributed by atoms with E-state index >= 15 is 0 Å². The van der Waals surface area contributed by atoms with Gasteiger partial charge >= 0.3 is 0 Å². The number of nitrogens with one attached hydrogen (secondary N) is 1. The first-order chi connectivity index (χ1) is 10.2. The molecule has 118 valence electrons. The molecule has 0 spiro atoms. The first kappa shape index (κ1) is 16.3. The zero-order valence-corrected chi connectivity index (χ0v) is 14.0. The summed E-state index contributed by atoms with van der Waals surface area (Å²) in [5, 5.41) is 3.50. The Balaban J connectivity index is 2.16. The van der Waals surface area contributed by atoms with Crippen LogP contribution in [0.3, 0.4) is 0 Å². The summed E-state index contributed by atoms with van der Waals surface area (Å²) in [6, 6.07) is 5.17. The van der Waals surface area contributed by atoms with Gasteiger partial charge in [0.05, 0.1) is 0 Å². The van der Waals surface area contributed by atoms with Gasteiger partial charge in [0.15, 0.2) is 0 Å². The van der Waals surface area contributed by atoms with Crippen LogP contribution < -0.4 is 10.2 Å². The normalized spacial score (nSPS) is 19.6. The number of hydrogen-bond donors (Lipinski definition) is 1. The van der Waals surface area contributed by atoms with E-state index in [-0.39, 0.29) is 0 Å². The maximum Gasteiger partial charge on any atom is 0.129 e. The van der Waals surface area contributed by atoms with E-state index in [1.54, 1.807) is 0 Å². The first-order valence-corrected chi connectivity index (χ1v) is 8.69. The van der Waals surface area contributed by atoms with Gasteiger partial charge in [0, 0.05) is 24.8 Å². The second-order valence-corrected chi connectivity index (χ2v) is 6.26. The molecule has 1 N–H and O–H groups in total. The number of anilines is 1. The largest absolute Gasteiger partial charge is 0.354 e. The van der Waals surface area contributed by atoms with E-state index in [9.17, 15) is 0 Å². The van der Waals surface area contributed by atoms with Crippen LogP contribution in [0, 0.1) is 6.92 Å². The molecule has 0 radical (unpaired) electrons. The predicted octanol–water partition coefficient (Wildman–Crippen LogP) is 4.05. The van der Waals surface area contributed by atoms with Crippen LogP contribution in [0.25, 0.3) is 0 Å². The molecule has 0 aliphatic carbocycles. The Hall–Kier alpha value is -1.09. The molecule has 0 bridgehead atoms. The van der Waals surface area contributed by atoms with Crippen LogP contribution in [0.5, 0.6) is 0 Å². The molecule has 1 atom stereocenters. The van der Waals surface area contributed by atoms with Crippen LogP contribution in [0.2, 0.25) is 0 Å². The molecule has 1 saturated heterocycles. The molecule has 1 fully saturated rings. The minimum Gasteiger partial charge on any atom is -0.354 e. The molecule has 1 unspecified atom stereocenters. The minimum atomic E-state index is 0.665. The van der Waals surface area contributed by atoms with Gasteiger partial charge in [0.1, 0.15) is 5.82 Å². The molecule has 2 heterocycles. The highest BCUT2D eigenvalue weighted by atomic mass is 15.2. The molecule has 3 nitrogen and oxygen atoms in total. The lowest BCUT2D eigenvalue weighted by atomic mass is 10.1. The van der Waals surface area contributed by atoms with E-state index in [4.69, 9.17) is 4.98 Å². The van der Waals surface area contributed by atoms with Crippen LogP contribution >= 0.6 is 0 Å². The third-order valence-electron chi connectivity index (χ3n) is 4.40. The van der Waals surface area contributed by atoms with E-state index in [2.05, 4.69) is 43.1 Å². The van der Waals surface area contributed by atoms with Gasteiger partial charge in [0.2, 0.25) is 0 Å². The number of rotatable bonds is 6. The molecule has 1 aliphatic rings. The van der Waals surface area contributed by atoms with Crippen molar-refractivity contribution in [1.29, 1.82) is 0 Å². The van der Waals surface area contributed by atoms with Crippen molar-refractivity contribution in [3.05, 3.63) is 23.4 Å². The predicted molar refractivity (Wildman–Crippen MR) is 90.9 cm³/mol. The number of nitrogens with zero attached hydrogens (tertiary/aromatic N) is 2. The van der Waals surface area contributed by atoms with E-state index in [0.717, 1.165) is 25.3 Å². The highest BCUT2D eigenvalue weighted by Crippen LogP contribution is 2.25. The SMILES string of the molecule is CCCNCc1cc(C)nc(N2CCCCCC2CC)c1. The van der Waals surface area contributed by atoms with E-state index in [1.165, 1.54) is 49.9 Å². The fraction of sp³-hybridized carbons (Fsp3) is 0.722. The fourth-order valence-electron chi connectivity index (χ4n) is 3.28. The molecule has 2 rings (SSSR count). The van der Waals surface area contributed by atoms with Crippen molar-refractivity contribution in [3.8, 4) is 0 Å². The van der Waals surface area contributed by atoms with Crippen molar-refractivity contribution in [2.75, 3.05) is 18.0 Å². The summed E-state index contributed by atoms with van der Waals surface area (Å²) in [5.74, 6) is 1.19. The Bertz CT molecular complexity index is 430. The summed E-state index contributed by atoms with van der Waals surface area (Å²) in [6.45, 7) is 9.83. The van der Waals surface area contributed by atoms with Crippen LogP contribution in [0.4, 0.5) is 5.82 Å². The van der Waals surface area contributed by atoms with Crippen LogP contribution in [-0.2, 0) is 6.54 Å². The Morgan fingerprint density at radius 1 is 1.24 bits per heavy atom. The Morgan fingerprint density at radius 3 is 2.86 bits per heavy atom. The van der Waals surface area contributed by atoms with Crippen molar-refractivity contribution in [2.24, 2.45) is 0 Å². The smallest absolute Gasteiger partial charge is 0.129 e. The summed E-state index contributed by atoms with van der Waals surface area (Å²) >= 11 is 0. The Morgan fingerprint density at radius 2 is 2.10 bits per heavy atom. The summed E-state index contributed by atoms with van der Waals surface area (Å²) in [7, 11) is 0. The lowest BCUT2D eigenvalue weighted by molar-refractivity contribution is 0.551. The van der Waals surface area contributed by atoms with E-state index in [1.807, 2.05) is 0 Å². The molecule has 1 aromatic rings. The van der Waals surface area contributed by atoms with Gasteiger partial charge in [-0.05, 0) is 56.8 Å². The molecular weight excluding hydrogens is 258 g/mol. The highest BCUT2D eigenvalue weighted by Gasteiger charge is 2.21. The number of aromatic nitrogens is 1. The molecular formula is C18H31N3. The third kappa shape index (κ3) is 4.70. The number of aryl methyl sites for hydroxylation is 1. The number of hydrogen-bond acceptors (Lipinski definition) is 3. The molecule has 1 aromatic heterocycles. The van der Waals surface area contributed by atoms with Gasteiger partial charge in [-0.15, -0.1) is 0 Å². The van der Waals surface area contributed by atoms with E-state index in [0.29, 0.717) is 6.04 Å². The molecule has 0 amide bonds. The second kappa shape index (κ2) is 8.38. The van der Waals surface area contributed by atoms with Crippen LogP contribution in [0.1, 0.15) is 63.6 Å². The van der Waals surface area contributed by atoms with Crippen LogP contribution in [-0.4, -0.2) is 24.1 Å². The van der Waals surface area contributed by atoms with E-state index < -0.39 is 0 Å². The van der Waals surface area contributed by atoms with Gasteiger partial charge in [-0.1, -0.05) is 26.7 Å². The van der Waals surface area contributed by atoms with Crippen molar-refractivity contribution in [2.45, 2.75) is 71.9 Å². The Kier molecular flexibility index (Phi) is 6.50. The average Bonchev–Trinajstić information content (AvgIpc) is 2.72. The zero-order valence-electron chi connectivity index (χ0n) is 14.0.